The average Bonchev–Trinajstić information content (AvgIpc) is 3.34. The highest BCUT2D eigenvalue weighted by Gasteiger charge is 2.19. The predicted octanol–water partition coefficient (Wildman–Crippen LogP) is 6.37. The molecule has 4 aromatic carbocycles. The van der Waals surface area contributed by atoms with E-state index in [-0.39, 0.29) is 21.6 Å². The summed E-state index contributed by atoms with van der Waals surface area (Å²) < 4.78 is 30.7. The van der Waals surface area contributed by atoms with Crippen LogP contribution in [0.2, 0.25) is 0 Å². The lowest BCUT2D eigenvalue weighted by Crippen LogP contribution is -2.30. The second-order valence-corrected chi connectivity index (χ2v) is 14.1. The molecule has 9 heteroatoms. The zero-order chi connectivity index (χ0) is 32.9. The van der Waals surface area contributed by atoms with Crippen molar-refractivity contribution in [3.05, 3.63) is 142 Å². The molecule has 0 aliphatic heterocycles. The minimum absolute atomic E-state index is 0.0309. The number of hydrogen-bond acceptors (Lipinski definition) is 5. The van der Waals surface area contributed by atoms with E-state index in [1.807, 2.05) is 25.1 Å². The molecule has 0 spiro atoms. The molecule has 1 heterocycles. The van der Waals surface area contributed by atoms with Crippen LogP contribution in [0, 0.1) is 0 Å². The zero-order valence-electron chi connectivity index (χ0n) is 26.7. The molecule has 238 valence electrons. The molecule has 5 aromatic rings. The summed E-state index contributed by atoms with van der Waals surface area (Å²) in [6.45, 7) is 9.53. The third-order valence-corrected chi connectivity index (χ3v) is 9.37. The van der Waals surface area contributed by atoms with Crippen LogP contribution in [-0.2, 0) is 41.4 Å². The number of aromatic nitrogens is 3. The maximum Gasteiger partial charge on any atom is 0.346 e. The number of benzene rings is 4. The second-order valence-electron chi connectivity index (χ2n) is 12.4. The number of rotatable bonds is 11. The van der Waals surface area contributed by atoms with Crippen molar-refractivity contribution in [2.75, 3.05) is 0 Å². The number of carbonyl (C=O) groups excluding carboxylic acids is 1. The van der Waals surface area contributed by atoms with E-state index >= 15 is 0 Å². The SMILES string of the molecule is CCn1c(CCCc2ccc(-c3cccc(C(=O)NS(=O)(=O)c4ccccc4)c3)cc2)nn(Cc2ccc(C(C)(C)C)cc2)c1=O. The maximum atomic E-state index is 13.1. The Morgan fingerprint density at radius 2 is 1.48 bits per heavy atom. The van der Waals surface area contributed by atoms with Gasteiger partial charge in [0.15, 0.2) is 0 Å². The molecule has 46 heavy (non-hydrogen) atoms. The molecule has 1 aromatic heterocycles. The number of nitrogens with one attached hydrogen (secondary N) is 1. The first-order valence-electron chi connectivity index (χ1n) is 15.5. The van der Waals surface area contributed by atoms with Crippen molar-refractivity contribution in [1.29, 1.82) is 0 Å². The van der Waals surface area contributed by atoms with Gasteiger partial charge in [-0.25, -0.2) is 22.6 Å². The molecule has 0 atom stereocenters. The van der Waals surface area contributed by atoms with Crippen LogP contribution in [0.3, 0.4) is 0 Å². The second kappa shape index (κ2) is 13.7. The molecule has 0 unspecified atom stereocenters. The molecule has 1 amide bonds. The van der Waals surface area contributed by atoms with Crippen LogP contribution in [0.5, 0.6) is 0 Å². The molecule has 0 aliphatic rings. The van der Waals surface area contributed by atoms with Crippen molar-refractivity contribution in [2.45, 2.75) is 70.4 Å². The Labute approximate surface area is 270 Å². The van der Waals surface area contributed by atoms with E-state index in [2.05, 4.69) is 61.9 Å². The van der Waals surface area contributed by atoms with Gasteiger partial charge in [-0.05, 0) is 77.3 Å². The van der Waals surface area contributed by atoms with Gasteiger partial charge in [-0.3, -0.25) is 9.36 Å². The Morgan fingerprint density at radius 3 is 2.13 bits per heavy atom. The first kappa shape index (κ1) is 32.6. The first-order chi connectivity index (χ1) is 21.9. The zero-order valence-corrected chi connectivity index (χ0v) is 27.5. The first-order valence-corrected chi connectivity index (χ1v) is 17.0. The van der Waals surface area contributed by atoms with Crippen LogP contribution in [0.1, 0.15) is 67.0 Å². The number of aryl methyl sites for hydroxylation is 2. The molecule has 0 radical (unpaired) electrons. The Bertz CT molecular complexity index is 1970. The highest BCUT2D eigenvalue weighted by Crippen LogP contribution is 2.23. The van der Waals surface area contributed by atoms with Crippen LogP contribution in [0.15, 0.2) is 113 Å². The number of sulfonamides is 1. The summed E-state index contributed by atoms with van der Waals surface area (Å²) in [5.74, 6) is 0.105. The molecule has 0 saturated heterocycles. The normalized spacial score (nSPS) is 11.8. The van der Waals surface area contributed by atoms with E-state index < -0.39 is 15.9 Å². The quantitative estimate of drug-likeness (QED) is 0.182. The van der Waals surface area contributed by atoms with Crippen molar-refractivity contribution in [3.63, 3.8) is 0 Å². The topological polar surface area (TPSA) is 103 Å². The third kappa shape index (κ3) is 7.72. The highest BCUT2D eigenvalue weighted by atomic mass is 32.2. The largest absolute Gasteiger partial charge is 0.346 e. The van der Waals surface area contributed by atoms with Gasteiger partial charge in [-0.1, -0.05) is 99.6 Å². The van der Waals surface area contributed by atoms with Gasteiger partial charge in [0, 0.05) is 18.5 Å². The number of nitrogens with zero attached hydrogens (tertiary/aromatic N) is 3. The van der Waals surface area contributed by atoms with Crippen molar-refractivity contribution >= 4 is 15.9 Å². The summed E-state index contributed by atoms with van der Waals surface area (Å²) in [4.78, 5) is 25.9. The molecule has 0 saturated carbocycles. The van der Waals surface area contributed by atoms with Crippen molar-refractivity contribution < 1.29 is 13.2 Å². The molecule has 0 bridgehead atoms. The summed E-state index contributed by atoms with van der Waals surface area (Å²) in [5, 5.41) is 4.69. The third-order valence-electron chi connectivity index (χ3n) is 8.03. The van der Waals surface area contributed by atoms with Gasteiger partial charge < -0.3 is 0 Å². The van der Waals surface area contributed by atoms with Gasteiger partial charge in [0.05, 0.1) is 11.4 Å². The summed E-state index contributed by atoms with van der Waals surface area (Å²) in [7, 11) is -3.97. The van der Waals surface area contributed by atoms with Gasteiger partial charge in [0.2, 0.25) is 0 Å². The van der Waals surface area contributed by atoms with Crippen LogP contribution in [-0.4, -0.2) is 28.7 Å². The van der Waals surface area contributed by atoms with Crippen molar-refractivity contribution in [1.82, 2.24) is 19.1 Å². The lowest BCUT2D eigenvalue weighted by atomic mass is 9.87. The lowest BCUT2D eigenvalue weighted by Gasteiger charge is -2.19. The van der Waals surface area contributed by atoms with Gasteiger partial charge in [-0.2, -0.15) is 5.10 Å². The van der Waals surface area contributed by atoms with Crippen LogP contribution >= 0.6 is 0 Å². The van der Waals surface area contributed by atoms with E-state index in [9.17, 15) is 18.0 Å². The Morgan fingerprint density at radius 1 is 0.804 bits per heavy atom. The fourth-order valence-corrected chi connectivity index (χ4v) is 6.36. The molecule has 8 nitrogen and oxygen atoms in total. The van der Waals surface area contributed by atoms with Crippen molar-refractivity contribution in [3.8, 4) is 11.1 Å². The predicted molar refractivity (Wildman–Crippen MR) is 181 cm³/mol. The van der Waals surface area contributed by atoms with Crippen LogP contribution in [0.25, 0.3) is 11.1 Å². The maximum absolute atomic E-state index is 13.1. The van der Waals surface area contributed by atoms with E-state index in [1.165, 1.54) is 17.7 Å². The lowest BCUT2D eigenvalue weighted by molar-refractivity contribution is 0.0981. The Hall–Kier alpha value is -4.76. The van der Waals surface area contributed by atoms with E-state index in [4.69, 9.17) is 5.10 Å². The van der Waals surface area contributed by atoms with Crippen LogP contribution in [0.4, 0.5) is 0 Å². The summed E-state index contributed by atoms with van der Waals surface area (Å²) in [6.07, 6.45) is 2.34. The van der Waals surface area contributed by atoms with E-state index in [1.54, 1.807) is 45.6 Å². The molecule has 5 rings (SSSR count). The number of carbonyl (C=O) groups is 1. The van der Waals surface area contributed by atoms with E-state index in [0.29, 0.717) is 19.5 Å². The monoisotopic (exact) mass is 636 g/mol. The standard InChI is InChI=1S/C37H40N4O4S/c1-5-40-34(38-41(36(40)43)26-28-19-23-32(24-20-28)37(2,3)4)16-9-11-27-17-21-29(22-18-27)30-12-10-13-31(25-30)35(42)39-46(44,45)33-14-7-6-8-15-33/h6-8,10,12-15,17-25H,5,9,11,16,26H2,1-4H3,(H,39,42). The van der Waals surface area contributed by atoms with Crippen LogP contribution < -0.4 is 10.4 Å². The number of hydrogen-bond donors (Lipinski definition) is 1. The Balaban J connectivity index is 1.20. The molecular formula is C37H40N4O4S. The minimum atomic E-state index is -3.97. The minimum Gasteiger partial charge on any atom is -0.279 e. The van der Waals surface area contributed by atoms with Gasteiger partial charge >= 0.3 is 5.69 Å². The fraction of sp³-hybridized carbons (Fsp3) is 0.270. The van der Waals surface area contributed by atoms with Crippen molar-refractivity contribution in [2.24, 2.45) is 0 Å². The molecule has 0 aliphatic carbocycles. The highest BCUT2D eigenvalue weighted by molar-refractivity contribution is 7.90. The van der Waals surface area contributed by atoms with Gasteiger partial charge in [-0.15, -0.1) is 0 Å². The molecular weight excluding hydrogens is 596 g/mol. The number of amides is 1. The summed E-state index contributed by atoms with van der Waals surface area (Å²) in [5.41, 5.74) is 5.41. The fourth-order valence-electron chi connectivity index (χ4n) is 5.37. The average molecular weight is 637 g/mol. The molecule has 1 N–H and O–H groups in total. The Kier molecular flexibility index (Phi) is 9.72. The van der Waals surface area contributed by atoms with Gasteiger partial charge in [0.25, 0.3) is 15.9 Å². The summed E-state index contributed by atoms with van der Waals surface area (Å²) in [6, 6.07) is 31.2. The van der Waals surface area contributed by atoms with E-state index in [0.717, 1.165) is 40.9 Å². The smallest absolute Gasteiger partial charge is 0.279 e. The summed E-state index contributed by atoms with van der Waals surface area (Å²) >= 11 is 0. The van der Waals surface area contributed by atoms with Gasteiger partial charge in [0.1, 0.15) is 5.82 Å². The molecule has 0 fully saturated rings.